The second-order valence-electron chi connectivity index (χ2n) is 7.27. The molecule has 0 heterocycles. The molecule has 0 bridgehead atoms. The normalized spacial score (nSPS) is 26.0. The Morgan fingerprint density at radius 1 is 1.26 bits per heavy atom. The minimum absolute atomic E-state index is 0.209. The lowest BCUT2D eigenvalue weighted by Crippen LogP contribution is -2.43. The quantitative estimate of drug-likeness (QED) is 0.850. The van der Waals surface area contributed by atoms with Crippen molar-refractivity contribution in [1.82, 2.24) is 10.2 Å². The van der Waals surface area contributed by atoms with Crippen molar-refractivity contribution < 1.29 is 4.79 Å². The summed E-state index contributed by atoms with van der Waals surface area (Å²) < 4.78 is 0. The van der Waals surface area contributed by atoms with E-state index < -0.39 is 0 Å². The van der Waals surface area contributed by atoms with Crippen molar-refractivity contribution in [3.05, 3.63) is 0 Å². The molecule has 1 fully saturated rings. The Balaban J connectivity index is 2.45. The Labute approximate surface area is 119 Å². The van der Waals surface area contributed by atoms with Gasteiger partial charge in [0, 0.05) is 25.6 Å². The summed E-state index contributed by atoms with van der Waals surface area (Å²) in [5, 5.41) is 3.34. The molecule has 1 aliphatic rings. The van der Waals surface area contributed by atoms with Crippen molar-refractivity contribution in [3.63, 3.8) is 0 Å². The Hall–Kier alpha value is -0.570. The van der Waals surface area contributed by atoms with Crippen molar-refractivity contribution >= 4 is 5.91 Å². The molecule has 0 aromatic carbocycles. The smallest absolute Gasteiger partial charge is 0.222 e. The van der Waals surface area contributed by atoms with Crippen molar-refractivity contribution in [1.29, 1.82) is 0 Å². The third-order valence-corrected chi connectivity index (χ3v) is 5.01. The highest BCUT2D eigenvalue weighted by molar-refractivity contribution is 5.76. The van der Waals surface area contributed by atoms with Crippen molar-refractivity contribution in [2.24, 2.45) is 11.3 Å². The van der Waals surface area contributed by atoms with E-state index >= 15 is 0 Å². The van der Waals surface area contributed by atoms with Crippen molar-refractivity contribution in [3.8, 4) is 0 Å². The summed E-state index contributed by atoms with van der Waals surface area (Å²) in [5.41, 5.74) is 0.209. The van der Waals surface area contributed by atoms with E-state index in [1.165, 1.54) is 12.8 Å². The molecule has 1 atom stereocenters. The molecule has 0 saturated heterocycles. The van der Waals surface area contributed by atoms with Gasteiger partial charge in [-0.3, -0.25) is 4.79 Å². The van der Waals surface area contributed by atoms with Gasteiger partial charge in [0.1, 0.15) is 0 Å². The Bertz CT molecular complexity index is 288. The number of hydrogen-bond acceptors (Lipinski definition) is 2. The number of nitrogens with one attached hydrogen (secondary N) is 1. The molecular weight excluding hydrogens is 236 g/mol. The van der Waals surface area contributed by atoms with Crippen LogP contribution < -0.4 is 5.32 Å². The number of carbonyl (C=O) groups excluding carboxylic acids is 1. The van der Waals surface area contributed by atoms with Gasteiger partial charge in [-0.1, -0.05) is 27.7 Å². The highest BCUT2D eigenvalue weighted by Gasteiger charge is 2.29. The van der Waals surface area contributed by atoms with Crippen LogP contribution in [0.15, 0.2) is 0 Å². The molecule has 1 rings (SSSR count). The van der Waals surface area contributed by atoms with E-state index in [0.29, 0.717) is 30.3 Å². The number of carbonyl (C=O) groups is 1. The average Bonchev–Trinajstić information content (AvgIpc) is 2.36. The first-order chi connectivity index (χ1) is 8.75. The molecule has 0 aromatic heterocycles. The lowest BCUT2D eigenvalue weighted by molar-refractivity contribution is -0.134. The Kier molecular flexibility index (Phi) is 5.84. The monoisotopic (exact) mass is 268 g/mol. The fourth-order valence-corrected chi connectivity index (χ4v) is 2.67. The summed E-state index contributed by atoms with van der Waals surface area (Å²) in [6.45, 7) is 8.82. The highest BCUT2D eigenvalue weighted by Crippen LogP contribution is 2.29. The molecule has 19 heavy (non-hydrogen) atoms. The molecular formula is C16H32N2O. The van der Waals surface area contributed by atoms with Crippen molar-refractivity contribution in [2.45, 2.75) is 71.9 Å². The molecule has 0 aromatic rings. The zero-order valence-electron chi connectivity index (χ0n) is 13.6. The van der Waals surface area contributed by atoms with E-state index in [1.807, 2.05) is 19.0 Å². The molecule has 3 nitrogen and oxygen atoms in total. The van der Waals surface area contributed by atoms with E-state index in [4.69, 9.17) is 0 Å². The topological polar surface area (TPSA) is 32.3 Å². The van der Waals surface area contributed by atoms with Crippen molar-refractivity contribution in [2.75, 3.05) is 14.1 Å². The van der Waals surface area contributed by atoms with Gasteiger partial charge in [0.2, 0.25) is 5.91 Å². The lowest BCUT2D eigenvalue weighted by atomic mass is 9.79. The molecule has 1 N–H and O–H groups in total. The molecule has 112 valence electrons. The van der Waals surface area contributed by atoms with Crippen LogP contribution in [0.5, 0.6) is 0 Å². The zero-order valence-corrected chi connectivity index (χ0v) is 13.6. The van der Waals surface area contributed by atoms with E-state index in [9.17, 15) is 4.79 Å². The maximum atomic E-state index is 12.4. The number of nitrogens with zero attached hydrogens (tertiary/aromatic N) is 1. The first-order valence-electron chi connectivity index (χ1n) is 7.68. The highest BCUT2D eigenvalue weighted by atomic mass is 16.2. The predicted octanol–water partition coefficient (Wildman–Crippen LogP) is 3.05. The molecule has 3 heteroatoms. The third kappa shape index (κ3) is 4.79. The minimum atomic E-state index is 0.209. The molecule has 1 saturated carbocycles. The Morgan fingerprint density at radius 3 is 2.21 bits per heavy atom. The Morgan fingerprint density at radius 2 is 1.79 bits per heavy atom. The van der Waals surface area contributed by atoms with E-state index in [-0.39, 0.29) is 5.41 Å². The van der Waals surface area contributed by atoms with Crippen LogP contribution in [0.2, 0.25) is 0 Å². The van der Waals surface area contributed by atoms with Crippen LogP contribution in [-0.4, -0.2) is 37.0 Å². The molecule has 0 radical (unpaired) electrons. The van der Waals surface area contributed by atoms with Gasteiger partial charge < -0.3 is 10.2 Å². The summed E-state index contributed by atoms with van der Waals surface area (Å²) in [7, 11) is 4.02. The third-order valence-electron chi connectivity index (χ3n) is 5.01. The number of amides is 1. The maximum Gasteiger partial charge on any atom is 0.222 e. The zero-order chi connectivity index (χ0) is 14.6. The number of hydrogen-bond donors (Lipinski definition) is 1. The summed E-state index contributed by atoms with van der Waals surface area (Å²) >= 11 is 0. The molecule has 1 amide bonds. The summed E-state index contributed by atoms with van der Waals surface area (Å²) in [5.74, 6) is 0.742. The van der Waals surface area contributed by atoms with Gasteiger partial charge in [-0.05, 0) is 44.1 Å². The van der Waals surface area contributed by atoms with E-state index in [2.05, 4.69) is 33.0 Å². The van der Waals surface area contributed by atoms with Gasteiger partial charge in [-0.2, -0.15) is 0 Å². The van der Waals surface area contributed by atoms with Crippen LogP contribution in [0.25, 0.3) is 0 Å². The molecule has 1 aliphatic carbocycles. The second-order valence-corrected chi connectivity index (χ2v) is 7.27. The van der Waals surface area contributed by atoms with Crippen LogP contribution in [0.1, 0.15) is 59.8 Å². The second kappa shape index (κ2) is 6.74. The summed E-state index contributed by atoms with van der Waals surface area (Å²) in [6.07, 6.45) is 5.32. The van der Waals surface area contributed by atoms with Gasteiger partial charge in [0.15, 0.2) is 0 Å². The van der Waals surface area contributed by atoms with Gasteiger partial charge in [0.25, 0.3) is 0 Å². The van der Waals surface area contributed by atoms with Crippen LogP contribution in [0.4, 0.5) is 0 Å². The van der Waals surface area contributed by atoms with Crippen LogP contribution in [0, 0.1) is 11.3 Å². The van der Waals surface area contributed by atoms with E-state index in [1.54, 1.807) is 0 Å². The SMILES string of the molecule is CNC1CCC(N(C)C(=O)CC(C)C(C)(C)C)CC1. The summed E-state index contributed by atoms with van der Waals surface area (Å²) in [4.78, 5) is 14.4. The first kappa shape index (κ1) is 16.5. The molecule has 1 unspecified atom stereocenters. The summed E-state index contributed by atoms with van der Waals surface area (Å²) in [6, 6.07) is 1.09. The standard InChI is InChI=1S/C16H32N2O/c1-12(16(2,3)4)11-15(19)18(6)14-9-7-13(17-5)8-10-14/h12-14,17H,7-11H2,1-6H3. The van der Waals surface area contributed by atoms with Crippen LogP contribution >= 0.6 is 0 Å². The predicted molar refractivity (Wildman–Crippen MR) is 81.1 cm³/mol. The van der Waals surface area contributed by atoms with Gasteiger partial charge >= 0.3 is 0 Å². The molecule has 0 aliphatic heterocycles. The van der Waals surface area contributed by atoms with Gasteiger partial charge in [-0.25, -0.2) is 0 Å². The maximum absolute atomic E-state index is 12.4. The fourth-order valence-electron chi connectivity index (χ4n) is 2.67. The van der Waals surface area contributed by atoms with Gasteiger partial charge in [0.05, 0.1) is 0 Å². The van der Waals surface area contributed by atoms with Gasteiger partial charge in [-0.15, -0.1) is 0 Å². The largest absolute Gasteiger partial charge is 0.343 e. The lowest BCUT2D eigenvalue weighted by Gasteiger charge is -2.36. The number of rotatable bonds is 4. The van der Waals surface area contributed by atoms with E-state index in [0.717, 1.165) is 12.8 Å². The fraction of sp³-hybridized carbons (Fsp3) is 0.938. The minimum Gasteiger partial charge on any atom is -0.343 e. The van der Waals surface area contributed by atoms with Crippen LogP contribution in [0.3, 0.4) is 0 Å². The van der Waals surface area contributed by atoms with Crippen LogP contribution in [-0.2, 0) is 4.79 Å². The first-order valence-corrected chi connectivity index (χ1v) is 7.68. The molecule has 0 spiro atoms. The average molecular weight is 268 g/mol.